The number of thioether (sulfide) groups is 3. The van der Waals surface area contributed by atoms with Gasteiger partial charge in [0, 0.05) is 29.8 Å². The van der Waals surface area contributed by atoms with E-state index in [9.17, 15) is 4.79 Å². The molecular weight excluding hydrogens is 362 g/mol. The number of benzene rings is 1. The number of carbonyl (C=O) groups is 1. The van der Waals surface area contributed by atoms with Gasteiger partial charge in [0.2, 0.25) is 0 Å². The van der Waals surface area contributed by atoms with Gasteiger partial charge in [-0.25, -0.2) is 0 Å². The molecule has 0 bridgehead atoms. The van der Waals surface area contributed by atoms with Crippen molar-refractivity contribution in [3.63, 3.8) is 0 Å². The van der Waals surface area contributed by atoms with E-state index in [1.165, 1.54) is 23.5 Å². The quantitative estimate of drug-likeness (QED) is 0.784. The number of fused-ring (bicyclic) bond motifs is 3. The summed E-state index contributed by atoms with van der Waals surface area (Å²) in [6, 6.07) is 8.26. The Balaban J connectivity index is 1.77. The Bertz CT molecular complexity index is 616. The molecule has 1 aromatic carbocycles. The zero-order valence-electron chi connectivity index (χ0n) is 13.0. The van der Waals surface area contributed by atoms with Crippen molar-refractivity contribution in [2.45, 2.75) is 28.2 Å². The highest BCUT2D eigenvalue weighted by Crippen LogP contribution is 2.61. The van der Waals surface area contributed by atoms with E-state index >= 15 is 0 Å². The normalized spacial score (nSPS) is 28.7. The fourth-order valence-corrected chi connectivity index (χ4v) is 9.29. The van der Waals surface area contributed by atoms with Crippen LogP contribution >= 0.6 is 47.9 Å². The summed E-state index contributed by atoms with van der Waals surface area (Å²) in [5.74, 6) is 4.58. The van der Waals surface area contributed by atoms with E-state index in [-0.39, 0.29) is 14.9 Å². The lowest BCUT2D eigenvalue weighted by Crippen LogP contribution is -2.52. The summed E-state index contributed by atoms with van der Waals surface area (Å²) in [6.45, 7) is 0.882. The summed E-state index contributed by atoms with van der Waals surface area (Å²) < 4.78 is 0.288. The fraction of sp³-hybridized carbons (Fsp3) is 0.588. The Kier molecular flexibility index (Phi) is 4.63. The largest absolute Gasteiger partial charge is 0.320 e. The van der Waals surface area contributed by atoms with Crippen LogP contribution in [0.5, 0.6) is 0 Å². The minimum Gasteiger partial charge on any atom is -0.320 e. The van der Waals surface area contributed by atoms with Gasteiger partial charge in [0.05, 0.1) is 4.08 Å². The second-order valence-corrected chi connectivity index (χ2v) is 11.3. The molecule has 3 aliphatic heterocycles. The molecule has 1 unspecified atom stereocenters. The molecule has 2 saturated heterocycles. The van der Waals surface area contributed by atoms with Gasteiger partial charge < -0.3 is 4.90 Å². The Hall–Kier alpha value is 0.0900. The van der Waals surface area contributed by atoms with E-state index in [4.69, 9.17) is 0 Å². The van der Waals surface area contributed by atoms with Gasteiger partial charge in [0.25, 0.3) is 5.91 Å². The molecule has 23 heavy (non-hydrogen) atoms. The highest BCUT2D eigenvalue weighted by atomic mass is 32.2. The van der Waals surface area contributed by atoms with Crippen LogP contribution in [0.25, 0.3) is 0 Å². The van der Waals surface area contributed by atoms with E-state index in [0.717, 1.165) is 36.5 Å². The molecule has 2 nitrogen and oxygen atoms in total. The smallest absolute Gasteiger partial charge is 0.255 e. The maximum atomic E-state index is 13.0. The molecule has 1 spiro atoms. The number of piperidine rings is 1. The van der Waals surface area contributed by atoms with Crippen molar-refractivity contribution < 1.29 is 4.79 Å². The summed E-state index contributed by atoms with van der Waals surface area (Å²) in [5.41, 5.74) is 2.16. The van der Waals surface area contributed by atoms with Gasteiger partial charge in [-0.1, -0.05) is 18.2 Å². The lowest BCUT2D eigenvalue weighted by molar-refractivity contribution is 0.0617. The van der Waals surface area contributed by atoms with Crippen molar-refractivity contribution in [1.29, 1.82) is 0 Å². The molecule has 0 N–H and O–H groups in total. The third-order valence-corrected chi connectivity index (χ3v) is 10.4. The van der Waals surface area contributed by atoms with Crippen LogP contribution < -0.4 is 0 Å². The molecule has 0 aromatic heterocycles. The van der Waals surface area contributed by atoms with Crippen molar-refractivity contribution in [1.82, 2.24) is 4.90 Å². The maximum absolute atomic E-state index is 13.0. The molecule has 6 heteroatoms. The summed E-state index contributed by atoms with van der Waals surface area (Å²) in [4.78, 5) is 14.9. The summed E-state index contributed by atoms with van der Waals surface area (Å²) in [5, 5.41) is 0. The van der Waals surface area contributed by atoms with E-state index in [0.29, 0.717) is 0 Å². The zero-order valence-corrected chi connectivity index (χ0v) is 16.3. The van der Waals surface area contributed by atoms with Crippen molar-refractivity contribution in [3.05, 3.63) is 35.4 Å². The Morgan fingerprint density at radius 3 is 2.83 bits per heavy atom. The number of thiol groups is 1. The van der Waals surface area contributed by atoms with Crippen LogP contribution in [0.2, 0.25) is 0 Å². The number of rotatable bonds is 3. The second-order valence-electron chi connectivity index (χ2n) is 6.25. The number of carbonyl (C=O) groups excluding carboxylic acids is 1. The predicted octanol–water partition coefficient (Wildman–Crippen LogP) is 4.32. The van der Waals surface area contributed by atoms with Crippen LogP contribution in [-0.2, 0) is 4.87 Å². The van der Waals surface area contributed by atoms with Gasteiger partial charge in [-0.2, -0.15) is 12.6 Å². The molecule has 4 rings (SSSR count). The van der Waals surface area contributed by atoms with Crippen LogP contribution in [-0.4, -0.2) is 44.4 Å². The monoisotopic (exact) mass is 383 g/mol. The Morgan fingerprint density at radius 2 is 2.04 bits per heavy atom. The molecule has 3 aliphatic rings. The first-order chi connectivity index (χ1) is 11.2. The van der Waals surface area contributed by atoms with Gasteiger partial charge in [0.15, 0.2) is 0 Å². The minimum absolute atomic E-state index is 0.175. The van der Waals surface area contributed by atoms with Crippen LogP contribution in [0.1, 0.15) is 35.2 Å². The lowest BCUT2D eigenvalue weighted by atomic mass is 9.95. The molecule has 1 amide bonds. The molecule has 0 saturated carbocycles. The summed E-state index contributed by atoms with van der Waals surface area (Å²) in [7, 11) is 0. The predicted molar refractivity (Wildman–Crippen MR) is 107 cm³/mol. The van der Waals surface area contributed by atoms with E-state index in [1.54, 1.807) is 0 Å². The molecule has 0 radical (unpaired) electrons. The molecular formula is C17H21NOS4. The molecule has 1 aromatic rings. The molecule has 124 valence electrons. The SMILES string of the molecule is O=C1c2ccccc2C2(SCCS)CC3(CCN12)SCCCS3. The Labute approximate surface area is 156 Å². The van der Waals surface area contributed by atoms with Crippen LogP contribution in [0.3, 0.4) is 0 Å². The lowest BCUT2D eigenvalue weighted by Gasteiger charge is -2.51. The van der Waals surface area contributed by atoms with E-state index in [1.807, 2.05) is 23.9 Å². The average molecular weight is 384 g/mol. The minimum atomic E-state index is -0.175. The maximum Gasteiger partial charge on any atom is 0.255 e. The number of hydrogen-bond donors (Lipinski definition) is 1. The third-order valence-electron chi connectivity index (χ3n) is 4.94. The van der Waals surface area contributed by atoms with Crippen molar-refractivity contribution in [2.75, 3.05) is 29.6 Å². The van der Waals surface area contributed by atoms with Gasteiger partial charge in [0.1, 0.15) is 4.87 Å². The first-order valence-electron chi connectivity index (χ1n) is 8.15. The highest BCUT2D eigenvalue weighted by Gasteiger charge is 2.57. The molecule has 3 heterocycles. The second kappa shape index (κ2) is 6.43. The van der Waals surface area contributed by atoms with E-state index in [2.05, 4.69) is 53.2 Å². The Morgan fingerprint density at radius 1 is 1.26 bits per heavy atom. The molecule has 1 atom stereocenters. The van der Waals surface area contributed by atoms with Gasteiger partial charge in [-0.3, -0.25) is 4.79 Å². The third kappa shape index (κ3) is 2.64. The summed E-state index contributed by atoms with van der Waals surface area (Å²) >= 11 is 10.6. The van der Waals surface area contributed by atoms with E-state index < -0.39 is 0 Å². The zero-order chi connectivity index (χ0) is 15.9. The van der Waals surface area contributed by atoms with Crippen LogP contribution in [0.4, 0.5) is 0 Å². The van der Waals surface area contributed by atoms with Crippen molar-refractivity contribution in [3.8, 4) is 0 Å². The topological polar surface area (TPSA) is 20.3 Å². The average Bonchev–Trinajstić information content (AvgIpc) is 2.83. The van der Waals surface area contributed by atoms with Gasteiger partial charge >= 0.3 is 0 Å². The highest BCUT2D eigenvalue weighted by molar-refractivity contribution is 8.18. The summed E-state index contributed by atoms with van der Waals surface area (Å²) in [6.07, 6.45) is 3.49. The standard InChI is InChI=1S/C17H21NOS4/c19-15-13-4-1-2-5-14(13)17(23-11-8-20)12-16(6-7-18(15)17)21-9-3-10-22-16/h1-2,4-5,20H,3,6-12H2. The first kappa shape index (κ1) is 16.6. The number of hydrogen-bond acceptors (Lipinski definition) is 5. The van der Waals surface area contributed by atoms with Crippen LogP contribution in [0.15, 0.2) is 24.3 Å². The van der Waals surface area contributed by atoms with Crippen molar-refractivity contribution >= 4 is 53.8 Å². The van der Waals surface area contributed by atoms with Gasteiger partial charge in [-0.05, 0) is 36.2 Å². The number of nitrogens with zero attached hydrogens (tertiary/aromatic N) is 1. The van der Waals surface area contributed by atoms with Gasteiger partial charge in [-0.15, -0.1) is 35.3 Å². The molecule has 2 fully saturated rings. The number of amides is 1. The first-order valence-corrected chi connectivity index (χ1v) is 11.7. The fourth-order valence-electron chi connectivity index (χ4n) is 3.96. The van der Waals surface area contributed by atoms with Crippen molar-refractivity contribution in [2.24, 2.45) is 0 Å². The molecule has 0 aliphatic carbocycles. The van der Waals surface area contributed by atoms with Crippen LogP contribution in [0, 0.1) is 0 Å².